The predicted octanol–water partition coefficient (Wildman–Crippen LogP) is 2.95. The van der Waals surface area contributed by atoms with Crippen LogP contribution in [-0.2, 0) is 6.18 Å². The number of carbonyl (C=O) groups excluding carboxylic acids is 1. The van der Waals surface area contributed by atoms with E-state index in [9.17, 15) is 22.4 Å². The molecular formula is C15H17ClF4N2O. The van der Waals surface area contributed by atoms with E-state index in [0.717, 1.165) is 19.5 Å². The largest absolute Gasteiger partial charge is 0.416 e. The summed E-state index contributed by atoms with van der Waals surface area (Å²) in [5.74, 6) is -0.777. The van der Waals surface area contributed by atoms with Gasteiger partial charge >= 0.3 is 6.18 Å². The van der Waals surface area contributed by atoms with Crippen LogP contribution in [0.15, 0.2) is 18.2 Å². The van der Waals surface area contributed by atoms with Crippen molar-refractivity contribution < 1.29 is 22.4 Å². The first kappa shape index (κ1) is 18.0. The van der Waals surface area contributed by atoms with Gasteiger partial charge in [0.05, 0.1) is 11.1 Å². The Balaban J connectivity index is 0.00000192. The number of amides is 1. The number of alkyl halides is 3. The summed E-state index contributed by atoms with van der Waals surface area (Å²) >= 11 is 0. The highest BCUT2D eigenvalue weighted by atomic mass is 35.5. The molecule has 128 valence electrons. The molecule has 0 bridgehead atoms. The third-order valence-corrected chi connectivity index (χ3v) is 4.52. The van der Waals surface area contributed by atoms with Gasteiger partial charge in [-0.05, 0) is 49.5 Å². The number of nitrogens with zero attached hydrogens (tertiary/aromatic N) is 1. The fraction of sp³-hybridized carbons (Fsp3) is 0.533. The molecule has 0 aliphatic carbocycles. The van der Waals surface area contributed by atoms with Crippen LogP contribution in [0.1, 0.15) is 22.3 Å². The van der Waals surface area contributed by atoms with E-state index in [1.54, 1.807) is 0 Å². The van der Waals surface area contributed by atoms with Crippen molar-refractivity contribution >= 4 is 18.3 Å². The normalized spacial score (nSPS) is 24.1. The first-order valence-corrected chi connectivity index (χ1v) is 7.23. The number of fused-ring (bicyclic) bond motifs is 1. The molecule has 2 saturated heterocycles. The zero-order valence-corrected chi connectivity index (χ0v) is 13.0. The van der Waals surface area contributed by atoms with Crippen LogP contribution in [0.3, 0.4) is 0 Å². The van der Waals surface area contributed by atoms with Crippen molar-refractivity contribution in [2.45, 2.75) is 12.6 Å². The van der Waals surface area contributed by atoms with Gasteiger partial charge in [0.25, 0.3) is 5.91 Å². The topological polar surface area (TPSA) is 32.3 Å². The lowest BCUT2D eigenvalue weighted by atomic mass is 9.88. The van der Waals surface area contributed by atoms with E-state index in [1.165, 1.54) is 4.90 Å². The maximum absolute atomic E-state index is 13.8. The average molecular weight is 353 g/mol. The molecule has 0 radical (unpaired) electrons. The van der Waals surface area contributed by atoms with Crippen LogP contribution < -0.4 is 5.32 Å². The predicted molar refractivity (Wildman–Crippen MR) is 79.0 cm³/mol. The van der Waals surface area contributed by atoms with Crippen molar-refractivity contribution in [3.63, 3.8) is 0 Å². The van der Waals surface area contributed by atoms with Gasteiger partial charge in [-0.1, -0.05) is 0 Å². The molecule has 0 spiro atoms. The number of hydrogen-bond acceptors (Lipinski definition) is 2. The lowest BCUT2D eigenvalue weighted by Gasteiger charge is -2.34. The molecule has 1 aromatic rings. The summed E-state index contributed by atoms with van der Waals surface area (Å²) in [6.45, 7) is 2.62. The van der Waals surface area contributed by atoms with Crippen molar-refractivity contribution in [3.8, 4) is 0 Å². The van der Waals surface area contributed by atoms with Crippen LogP contribution in [-0.4, -0.2) is 37.0 Å². The van der Waals surface area contributed by atoms with Gasteiger partial charge in [0.1, 0.15) is 5.82 Å². The first-order valence-electron chi connectivity index (χ1n) is 7.23. The van der Waals surface area contributed by atoms with Crippen LogP contribution in [0.2, 0.25) is 0 Å². The van der Waals surface area contributed by atoms with Gasteiger partial charge in [0, 0.05) is 13.1 Å². The number of carbonyl (C=O) groups is 1. The Hall–Kier alpha value is -1.34. The van der Waals surface area contributed by atoms with E-state index < -0.39 is 29.0 Å². The number of halogens is 5. The summed E-state index contributed by atoms with van der Waals surface area (Å²) in [6.07, 6.45) is -3.80. The third kappa shape index (κ3) is 3.61. The van der Waals surface area contributed by atoms with E-state index in [0.29, 0.717) is 43.1 Å². The minimum absolute atomic E-state index is 0. The Kier molecular flexibility index (Phi) is 5.20. The minimum Gasteiger partial charge on any atom is -0.338 e. The molecule has 23 heavy (non-hydrogen) atoms. The molecule has 0 aromatic heterocycles. The standard InChI is InChI=1S/C15H16F4N2O.ClH/c16-13-2-1-11(15(17,18)19)5-12(13)14(22)21-4-3-9-6-20-7-10(9)8-21;/h1-2,5,9-10,20H,3-4,6-8H2;1H. The quantitative estimate of drug-likeness (QED) is 0.788. The number of likely N-dealkylation sites (tertiary alicyclic amines) is 1. The lowest BCUT2D eigenvalue weighted by Crippen LogP contribution is -2.43. The molecular weight excluding hydrogens is 336 g/mol. The fourth-order valence-electron chi connectivity index (χ4n) is 3.26. The van der Waals surface area contributed by atoms with Gasteiger partial charge in [-0.25, -0.2) is 4.39 Å². The first-order chi connectivity index (χ1) is 10.4. The number of benzene rings is 1. The van der Waals surface area contributed by atoms with E-state index in [2.05, 4.69) is 5.32 Å². The summed E-state index contributed by atoms with van der Waals surface area (Å²) < 4.78 is 52.0. The lowest BCUT2D eigenvalue weighted by molar-refractivity contribution is -0.137. The third-order valence-electron chi connectivity index (χ3n) is 4.52. The molecule has 2 heterocycles. The second kappa shape index (κ2) is 6.65. The number of piperidine rings is 1. The van der Waals surface area contributed by atoms with Crippen molar-refractivity contribution in [1.82, 2.24) is 10.2 Å². The second-order valence-electron chi connectivity index (χ2n) is 5.91. The van der Waals surface area contributed by atoms with E-state index >= 15 is 0 Å². The smallest absolute Gasteiger partial charge is 0.338 e. The van der Waals surface area contributed by atoms with Crippen LogP contribution in [0.4, 0.5) is 17.6 Å². The molecule has 2 atom stereocenters. The molecule has 1 amide bonds. The summed E-state index contributed by atoms with van der Waals surface area (Å²) in [6, 6.07) is 1.97. The molecule has 3 rings (SSSR count). The molecule has 3 nitrogen and oxygen atoms in total. The second-order valence-corrected chi connectivity index (χ2v) is 5.91. The Labute approximate surface area is 137 Å². The maximum Gasteiger partial charge on any atom is 0.416 e. The Morgan fingerprint density at radius 2 is 1.91 bits per heavy atom. The van der Waals surface area contributed by atoms with Crippen molar-refractivity contribution in [2.75, 3.05) is 26.2 Å². The van der Waals surface area contributed by atoms with Gasteiger partial charge < -0.3 is 10.2 Å². The SMILES string of the molecule is Cl.O=C(c1cc(C(F)(F)F)ccc1F)N1CCC2CNCC2C1. The Morgan fingerprint density at radius 3 is 2.61 bits per heavy atom. The summed E-state index contributed by atoms with van der Waals surface area (Å²) in [5.41, 5.74) is -1.51. The molecule has 8 heteroatoms. The highest BCUT2D eigenvalue weighted by Gasteiger charge is 2.36. The summed E-state index contributed by atoms with van der Waals surface area (Å²) in [7, 11) is 0. The Bertz CT molecular complexity index is 593. The summed E-state index contributed by atoms with van der Waals surface area (Å²) in [5, 5.41) is 3.24. The van der Waals surface area contributed by atoms with Crippen LogP contribution in [0, 0.1) is 17.7 Å². The van der Waals surface area contributed by atoms with E-state index in [1.807, 2.05) is 0 Å². The molecule has 2 aliphatic rings. The fourth-order valence-corrected chi connectivity index (χ4v) is 3.26. The molecule has 2 aliphatic heterocycles. The molecule has 1 aromatic carbocycles. The highest BCUT2D eigenvalue weighted by molar-refractivity contribution is 5.94. The number of rotatable bonds is 1. The van der Waals surface area contributed by atoms with Gasteiger partial charge in [-0.15, -0.1) is 12.4 Å². The van der Waals surface area contributed by atoms with E-state index in [4.69, 9.17) is 0 Å². The molecule has 0 saturated carbocycles. The average Bonchev–Trinajstić information content (AvgIpc) is 2.93. The van der Waals surface area contributed by atoms with E-state index in [-0.39, 0.29) is 12.4 Å². The zero-order chi connectivity index (χ0) is 15.9. The van der Waals surface area contributed by atoms with Crippen LogP contribution >= 0.6 is 12.4 Å². The van der Waals surface area contributed by atoms with Crippen molar-refractivity contribution in [1.29, 1.82) is 0 Å². The zero-order valence-electron chi connectivity index (χ0n) is 12.2. The maximum atomic E-state index is 13.8. The Morgan fingerprint density at radius 1 is 1.22 bits per heavy atom. The monoisotopic (exact) mass is 352 g/mol. The van der Waals surface area contributed by atoms with Gasteiger partial charge in [-0.2, -0.15) is 13.2 Å². The minimum atomic E-state index is -4.59. The molecule has 2 unspecified atom stereocenters. The van der Waals surface area contributed by atoms with Gasteiger partial charge in [0.15, 0.2) is 0 Å². The van der Waals surface area contributed by atoms with Gasteiger partial charge in [-0.3, -0.25) is 4.79 Å². The number of hydrogen-bond donors (Lipinski definition) is 1. The number of nitrogens with one attached hydrogen (secondary N) is 1. The van der Waals surface area contributed by atoms with Gasteiger partial charge in [0.2, 0.25) is 0 Å². The van der Waals surface area contributed by atoms with Crippen molar-refractivity contribution in [3.05, 3.63) is 35.1 Å². The van der Waals surface area contributed by atoms with Crippen LogP contribution in [0.25, 0.3) is 0 Å². The van der Waals surface area contributed by atoms with Crippen molar-refractivity contribution in [2.24, 2.45) is 11.8 Å². The molecule has 2 fully saturated rings. The summed E-state index contributed by atoms with van der Waals surface area (Å²) in [4.78, 5) is 13.9. The van der Waals surface area contributed by atoms with Crippen LogP contribution in [0.5, 0.6) is 0 Å². The molecule has 1 N–H and O–H groups in total. The highest BCUT2D eigenvalue weighted by Crippen LogP contribution is 2.32.